The van der Waals surface area contributed by atoms with E-state index in [1.54, 1.807) is 48.4 Å². The number of carbonyl (C=O) groups is 2. The molecule has 0 fully saturated rings. The molecule has 0 aliphatic heterocycles. The zero-order valence-electron chi connectivity index (χ0n) is 17.4. The Morgan fingerprint density at radius 1 is 1.03 bits per heavy atom. The van der Waals surface area contributed by atoms with Crippen molar-refractivity contribution in [3.05, 3.63) is 59.7 Å². The van der Waals surface area contributed by atoms with Gasteiger partial charge >= 0.3 is 0 Å². The molecule has 6 heteroatoms. The highest BCUT2D eigenvalue weighted by Crippen LogP contribution is 2.28. The molecule has 0 atom stereocenters. The zero-order chi connectivity index (χ0) is 21.2. The summed E-state index contributed by atoms with van der Waals surface area (Å²) in [5.74, 6) is 0.929. The molecule has 2 aromatic carbocycles. The number of amides is 2. The summed E-state index contributed by atoms with van der Waals surface area (Å²) in [7, 11) is 1.58. The van der Waals surface area contributed by atoms with Gasteiger partial charge in [0.05, 0.1) is 13.7 Å². The summed E-state index contributed by atoms with van der Waals surface area (Å²) >= 11 is 0. The second-order valence-electron chi connectivity index (χ2n) is 6.22. The summed E-state index contributed by atoms with van der Waals surface area (Å²) in [6.07, 6.45) is 3.14. The average Bonchev–Trinajstić information content (AvgIpc) is 2.73. The molecule has 1 N–H and O–H groups in total. The van der Waals surface area contributed by atoms with E-state index in [0.29, 0.717) is 42.4 Å². The van der Waals surface area contributed by atoms with Crippen LogP contribution in [0.1, 0.15) is 36.7 Å². The first-order valence-electron chi connectivity index (χ1n) is 9.71. The third kappa shape index (κ3) is 6.10. The second kappa shape index (κ2) is 10.9. The van der Waals surface area contributed by atoms with Crippen LogP contribution in [0, 0.1) is 0 Å². The smallest absolute Gasteiger partial charge is 0.253 e. The minimum atomic E-state index is -0.286. The average molecular weight is 396 g/mol. The minimum Gasteiger partial charge on any atom is -0.493 e. The van der Waals surface area contributed by atoms with E-state index >= 15 is 0 Å². The summed E-state index contributed by atoms with van der Waals surface area (Å²) in [5, 5.41) is 2.79. The van der Waals surface area contributed by atoms with E-state index in [2.05, 4.69) is 5.32 Å². The number of benzene rings is 2. The minimum absolute atomic E-state index is 0.0525. The molecule has 0 aliphatic carbocycles. The molecule has 0 radical (unpaired) electrons. The molecule has 0 saturated carbocycles. The Morgan fingerprint density at radius 2 is 1.79 bits per heavy atom. The van der Waals surface area contributed by atoms with Gasteiger partial charge in [-0.05, 0) is 62.7 Å². The summed E-state index contributed by atoms with van der Waals surface area (Å²) in [5.41, 5.74) is 1.93. The Hall–Kier alpha value is -3.28. The largest absolute Gasteiger partial charge is 0.493 e. The van der Waals surface area contributed by atoms with Crippen molar-refractivity contribution in [2.45, 2.75) is 20.8 Å². The summed E-state index contributed by atoms with van der Waals surface area (Å²) < 4.78 is 10.8. The number of hydrogen-bond acceptors (Lipinski definition) is 4. The summed E-state index contributed by atoms with van der Waals surface area (Å²) in [4.78, 5) is 26.5. The maximum Gasteiger partial charge on any atom is 0.253 e. The number of anilines is 1. The lowest BCUT2D eigenvalue weighted by molar-refractivity contribution is -0.111. The van der Waals surface area contributed by atoms with Crippen molar-refractivity contribution in [2.75, 3.05) is 32.1 Å². The lowest BCUT2D eigenvalue weighted by Gasteiger charge is -2.18. The molecule has 0 bridgehead atoms. The molecule has 6 nitrogen and oxygen atoms in total. The fourth-order valence-electron chi connectivity index (χ4n) is 2.84. The van der Waals surface area contributed by atoms with Crippen LogP contribution >= 0.6 is 0 Å². The molecular formula is C23H28N2O4. The Morgan fingerprint density at radius 3 is 2.45 bits per heavy atom. The quantitative estimate of drug-likeness (QED) is 0.644. The monoisotopic (exact) mass is 396 g/mol. The highest BCUT2D eigenvalue weighted by molar-refractivity contribution is 6.03. The van der Waals surface area contributed by atoms with Crippen LogP contribution in [-0.4, -0.2) is 43.5 Å². The molecule has 2 amide bonds. The standard InChI is InChI=1S/C23H28N2O4/c1-5-25(6-2)23(27)18-9-8-10-19(16-18)24-22(26)14-12-17-11-13-20(28-4)21(15-17)29-7-3/h8-16H,5-7H2,1-4H3,(H,24,26)/b14-12+. The number of ether oxygens (including phenoxy) is 2. The van der Waals surface area contributed by atoms with Crippen LogP contribution in [0.15, 0.2) is 48.5 Å². The highest BCUT2D eigenvalue weighted by Gasteiger charge is 2.13. The van der Waals surface area contributed by atoms with Gasteiger partial charge in [-0.2, -0.15) is 0 Å². The van der Waals surface area contributed by atoms with E-state index < -0.39 is 0 Å². The first kappa shape index (κ1) is 22.0. The molecule has 0 saturated heterocycles. The fraction of sp³-hybridized carbons (Fsp3) is 0.304. The summed E-state index contributed by atoms with van der Waals surface area (Å²) in [6, 6.07) is 12.4. The van der Waals surface area contributed by atoms with Crippen LogP contribution in [0.25, 0.3) is 6.08 Å². The van der Waals surface area contributed by atoms with Crippen molar-refractivity contribution in [1.82, 2.24) is 4.90 Å². The zero-order valence-corrected chi connectivity index (χ0v) is 17.4. The molecule has 2 rings (SSSR count). The normalized spacial score (nSPS) is 10.6. The number of rotatable bonds is 9. The molecule has 0 aromatic heterocycles. The topological polar surface area (TPSA) is 67.9 Å². The van der Waals surface area contributed by atoms with Crippen LogP contribution in [-0.2, 0) is 4.79 Å². The van der Waals surface area contributed by atoms with Gasteiger partial charge in [0, 0.05) is 30.4 Å². The van der Waals surface area contributed by atoms with E-state index in [-0.39, 0.29) is 11.8 Å². The van der Waals surface area contributed by atoms with Gasteiger partial charge in [-0.3, -0.25) is 9.59 Å². The van der Waals surface area contributed by atoms with Crippen molar-refractivity contribution < 1.29 is 19.1 Å². The molecule has 154 valence electrons. The Labute approximate surface area is 172 Å². The van der Waals surface area contributed by atoms with Crippen molar-refractivity contribution in [3.63, 3.8) is 0 Å². The number of nitrogens with zero attached hydrogens (tertiary/aromatic N) is 1. The first-order chi connectivity index (χ1) is 14.0. The van der Waals surface area contributed by atoms with Crippen LogP contribution in [0.4, 0.5) is 5.69 Å². The molecule has 2 aromatic rings. The Balaban J connectivity index is 2.08. The maximum absolute atomic E-state index is 12.5. The number of nitrogens with one attached hydrogen (secondary N) is 1. The van der Waals surface area contributed by atoms with Crippen LogP contribution in [0.5, 0.6) is 11.5 Å². The van der Waals surface area contributed by atoms with Gasteiger partial charge in [0.15, 0.2) is 11.5 Å². The lowest BCUT2D eigenvalue weighted by atomic mass is 10.1. The molecular weight excluding hydrogens is 368 g/mol. The van der Waals surface area contributed by atoms with Crippen molar-refractivity contribution >= 4 is 23.6 Å². The van der Waals surface area contributed by atoms with Crippen molar-refractivity contribution in [2.24, 2.45) is 0 Å². The van der Waals surface area contributed by atoms with Gasteiger partial charge < -0.3 is 19.7 Å². The van der Waals surface area contributed by atoms with Crippen molar-refractivity contribution in [3.8, 4) is 11.5 Å². The SMILES string of the molecule is CCOc1cc(/C=C/C(=O)Nc2cccc(C(=O)N(CC)CC)c2)ccc1OC. The molecule has 0 spiro atoms. The van der Waals surface area contributed by atoms with E-state index in [4.69, 9.17) is 9.47 Å². The highest BCUT2D eigenvalue weighted by atomic mass is 16.5. The molecule has 0 unspecified atom stereocenters. The third-order valence-corrected chi connectivity index (χ3v) is 4.34. The summed E-state index contributed by atoms with van der Waals surface area (Å²) in [6.45, 7) is 7.57. The predicted molar refractivity (Wildman–Crippen MR) is 116 cm³/mol. The molecule has 0 heterocycles. The van der Waals surface area contributed by atoms with Crippen LogP contribution < -0.4 is 14.8 Å². The predicted octanol–water partition coefficient (Wildman–Crippen LogP) is 4.23. The fourth-order valence-corrected chi connectivity index (χ4v) is 2.84. The maximum atomic E-state index is 12.5. The van der Waals surface area contributed by atoms with Gasteiger partial charge in [-0.25, -0.2) is 0 Å². The van der Waals surface area contributed by atoms with E-state index in [1.165, 1.54) is 6.08 Å². The van der Waals surface area contributed by atoms with Crippen LogP contribution in [0.3, 0.4) is 0 Å². The number of hydrogen-bond donors (Lipinski definition) is 1. The Bertz CT molecular complexity index is 873. The number of carbonyl (C=O) groups excluding carboxylic acids is 2. The number of methoxy groups -OCH3 is 1. The first-order valence-corrected chi connectivity index (χ1v) is 9.71. The van der Waals surface area contributed by atoms with Crippen molar-refractivity contribution in [1.29, 1.82) is 0 Å². The lowest BCUT2D eigenvalue weighted by Crippen LogP contribution is -2.30. The third-order valence-electron chi connectivity index (χ3n) is 4.34. The Kier molecular flexibility index (Phi) is 8.27. The van der Waals surface area contributed by atoms with Gasteiger partial charge in [-0.1, -0.05) is 12.1 Å². The van der Waals surface area contributed by atoms with Gasteiger partial charge in [0.25, 0.3) is 5.91 Å². The van der Waals surface area contributed by atoms with Crippen LogP contribution in [0.2, 0.25) is 0 Å². The van der Waals surface area contributed by atoms with Gasteiger partial charge in [0.1, 0.15) is 0 Å². The van der Waals surface area contributed by atoms with Gasteiger partial charge in [0.2, 0.25) is 5.91 Å². The van der Waals surface area contributed by atoms with E-state index in [1.807, 2.05) is 32.9 Å². The molecule has 29 heavy (non-hydrogen) atoms. The van der Waals surface area contributed by atoms with Gasteiger partial charge in [-0.15, -0.1) is 0 Å². The second-order valence-corrected chi connectivity index (χ2v) is 6.22. The molecule has 0 aliphatic rings. The van der Waals surface area contributed by atoms with E-state index in [9.17, 15) is 9.59 Å². The van der Waals surface area contributed by atoms with E-state index in [0.717, 1.165) is 5.56 Å².